The molecule has 0 unspecified atom stereocenters. The molecule has 1 aliphatic rings. The van der Waals surface area contributed by atoms with E-state index in [0.29, 0.717) is 23.0 Å². The molecule has 0 bridgehead atoms. The molecule has 0 atom stereocenters. The number of hydrogen-bond acceptors (Lipinski definition) is 5. The smallest absolute Gasteiger partial charge is 0.251 e. The molecule has 1 fully saturated rings. The first-order valence-electron chi connectivity index (χ1n) is 9.15. The third kappa shape index (κ3) is 4.43. The van der Waals surface area contributed by atoms with Crippen molar-refractivity contribution < 1.29 is 9.59 Å². The Labute approximate surface area is 167 Å². The topological polar surface area (TPSA) is 84.0 Å². The van der Waals surface area contributed by atoms with E-state index in [1.54, 1.807) is 18.3 Å². The van der Waals surface area contributed by atoms with Gasteiger partial charge in [0.15, 0.2) is 0 Å². The molecule has 7 heteroatoms. The summed E-state index contributed by atoms with van der Waals surface area (Å²) in [6.45, 7) is 1.90. The second-order valence-electron chi connectivity index (χ2n) is 6.86. The number of rotatable bonds is 6. The number of anilines is 1. The Morgan fingerprint density at radius 3 is 2.82 bits per heavy atom. The molecule has 2 N–H and O–H groups in total. The third-order valence-electron chi connectivity index (χ3n) is 4.46. The molecule has 1 saturated carbocycles. The summed E-state index contributed by atoms with van der Waals surface area (Å²) < 4.78 is 0. The minimum atomic E-state index is -0.166. The van der Waals surface area contributed by atoms with Gasteiger partial charge in [0, 0.05) is 28.9 Å². The van der Waals surface area contributed by atoms with Crippen LogP contribution in [-0.4, -0.2) is 27.8 Å². The van der Waals surface area contributed by atoms with Crippen LogP contribution in [0.25, 0.3) is 10.7 Å². The minimum Gasteiger partial charge on any atom is -0.349 e. The van der Waals surface area contributed by atoms with Crippen molar-refractivity contribution in [2.75, 3.05) is 5.32 Å². The Hall–Kier alpha value is -3.06. The molecule has 2 amide bonds. The molecule has 0 saturated heterocycles. The van der Waals surface area contributed by atoms with E-state index in [0.717, 1.165) is 29.1 Å². The van der Waals surface area contributed by atoms with Gasteiger partial charge < -0.3 is 10.6 Å². The van der Waals surface area contributed by atoms with Gasteiger partial charge in [0.25, 0.3) is 5.91 Å². The maximum absolute atomic E-state index is 12.5. The number of benzene rings is 1. The summed E-state index contributed by atoms with van der Waals surface area (Å²) in [5.74, 6) is -0.266. The van der Waals surface area contributed by atoms with E-state index in [9.17, 15) is 9.59 Å². The number of carbonyl (C=O) groups excluding carboxylic acids is 2. The van der Waals surface area contributed by atoms with Gasteiger partial charge in [-0.1, -0.05) is 12.1 Å². The predicted octanol–water partition coefficient (Wildman–Crippen LogP) is 3.59. The number of hydrogen-bond donors (Lipinski definition) is 2. The normalized spacial score (nSPS) is 13.2. The second-order valence-corrected chi connectivity index (χ2v) is 7.72. The molecule has 0 aliphatic heterocycles. The van der Waals surface area contributed by atoms with Crippen LogP contribution in [0.5, 0.6) is 0 Å². The van der Waals surface area contributed by atoms with E-state index in [1.165, 1.54) is 11.3 Å². The van der Waals surface area contributed by atoms with Gasteiger partial charge in [-0.25, -0.2) is 4.98 Å². The molecule has 0 radical (unpaired) electrons. The zero-order valence-electron chi connectivity index (χ0n) is 15.4. The molecule has 1 aromatic carbocycles. The lowest BCUT2D eigenvalue weighted by Crippen LogP contribution is -2.25. The van der Waals surface area contributed by atoms with Crippen molar-refractivity contribution in [2.45, 2.75) is 32.2 Å². The first-order chi connectivity index (χ1) is 13.6. The molecule has 28 heavy (non-hydrogen) atoms. The summed E-state index contributed by atoms with van der Waals surface area (Å²) in [5.41, 5.74) is 3.60. The molecule has 4 rings (SSSR count). The first kappa shape index (κ1) is 18.3. The third-order valence-corrected chi connectivity index (χ3v) is 5.38. The van der Waals surface area contributed by atoms with Crippen LogP contribution in [0.2, 0.25) is 0 Å². The Bertz CT molecular complexity index is 1010. The van der Waals surface area contributed by atoms with Crippen LogP contribution in [0.3, 0.4) is 0 Å². The molecular formula is C21H20N4O2S. The van der Waals surface area contributed by atoms with Gasteiger partial charge in [0.2, 0.25) is 5.91 Å². The summed E-state index contributed by atoms with van der Waals surface area (Å²) in [6.07, 6.45) is 3.96. The lowest BCUT2D eigenvalue weighted by Gasteiger charge is -2.10. The van der Waals surface area contributed by atoms with Crippen LogP contribution in [-0.2, 0) is 11.2 Å². The Morgan fingerprint density at radius 1 is 1.21 bits per heavy atom. The average Bonchev–Trinajstić information content (AvgIpc) is 3.39. The number of aryl methyl sites for hydroxylation is 1. The average molecular weight is 392 g/mol. The van der Waals surface area contributed by atoms with E-state index in [-0.39, 0.29) is 18.2 Å². The largest absolute Gasteiger partial charge is 0.349 e. The number of pyridine rings is 1. The summed E-state index contributed by atoms with van der Waals surface area (Å²) in [6, 6.07) is 11.3. The quantitative estimate of drug-likeness (QED) is 0.671. The number of aromatic nitrogens is 2. The van der Waals surface area contributed by atoms with Crippen molar-refractivity contribution in [1.82, 2.24) is 15.3 Å². The van der Waals surface area contributed by atoms with Gasteiger partial charge in [-0.15, -0.1) is 11.3 Å². The summed E-state index contributed by atoms with van der Waals surface area (Å²) in [5, 5.41) is 8.53. The Morgan fingerprint density at radius 2 is 2.07 bits per heavy atom. The monoisotopic (exact) mass is 392 g/mol. The van der Waals surface area contributed by atoms with Crippen molar-refractivity contribution in [2.24, 2.45) is 0 Å². The van der Waals surface area contributed by atoms with Gasteiger partial charge in [0.05, 0.1) is 17.8 Å². The standard InChI is InChI=1S/C21H20N4O2S/c1-13-5-6-14(20(27)23-15-7-8-15)10-18(13)25-19(26)11-16-12-28-21(24-16)17-4-2-3-9-22-17/h2-6,9-10,12,15H,7-8,11H2,1H3,(H,23,27)(H,25,26). The maximum Gasteiger partial charge on any atom is 0.251 e. The van der Waals surface area contributed by atoms with E-state index in [2.05, 4.69) is 20.6 Å². The molecule has 6 nitrogen and oxygen atoms in total. The van der Waals surface area contributed by atoms with Gasteiger partial charge in [0.1, 0.15) is 5.01 Å². The van der Waals surface area contributed by atoms with Crippen LogP contribution < -0.4 is 10.6 Å². The van der Waals surface area contributed by atoms with E-state index in [4.69, 9.17) is 0 Å². The molecule has 2 heterocycles. The van der Waals surface area contributed by atoms with Crippen LogP contribution in [0.15, 0.2) is 48.0 Å². The number of amides is 2. The number of nitrogens with zero attached hydrogens (tertiary/aromatic N) is 2. The molecular weight excluding hydrogens is 372 g/mol. The van der Waals surface area contributed by atoms with E-state index >= 15 is 0 Å². The molecule has 2 aromatic heterocycles. The van der Waals surface area contributed by atoms with Gasteiger partial charge in [-0.05, 0) is 49.6 Å². The predicted molar refractivity (Wildman–Crippen MR) is 109 cm³/mol. The first-order valence-corrected chi connectivity index (χ1v) is 10.0. The summed E-state index contributed by atoms with van der Waals surface area (Å²) in [4.78, 5) is 33.5. The van der Waals surface area contributed by atoms with E-state index in [1.807, 2.05) is 36.6 Å². The summed E-state index contributed by atoms with van der Waals surface area (Å²) in [7, 11) is 0. The zero-order chi connectivity index (χ0) is 19.5. The molecule has 1 aliphatic carbocycles. The van der Waals surface area contributed by atoms with Crippen molar-refractivity contribution in [3.05, 3.63) is 64.8 Å². The van der Waals surface area contributed by atoms with Gasteiger partial charge >= 0.3 is 0 Å². The van der Waals surface area contributed by atoms with Gasteiger partial charge in [-0.3, -0.25) is 14.6 Å². The molecule has 142 valence electrons. The highest BCUT2D eigenvalue weighted by molar-refractivity contribution is 7.13. The minimum absolute atomic E-state index is 0.0995. The number of thiazole rings is 1. The van der Waals surface area contributed by atoms with Crippen LogP contribution in [0.1, 0.15) is 34.5 Å². The molecule has 3 aromatic rings. The fourth-order valence-corrected chi connectivity index (χ4v) is 3.54. The van der Waals surface area contributed by atoms with E-state index < -0.39 is 0 Å². The SMILES string of the molecule is Cc1ccc(C(=O)NC2CC2)cc1NC(=O)Cc1csc(-c2ccccn2)n1. The van der Waals surface area contributed by atoms with Crippen LogP contribution in [0.4, 0.5) is 5.69 Å². The lowest BCUT2D eigenvalue weighted by atomic mass is 10.1. The fourth-order valence-electron chi connectivity index (χ4n) is 2.75. The number of nitrogens with one attached hydrogen (secondary N) is 2. The zero-order valence-corrected chi connectivity index (χ0v) is 16.3. The molecule has 0 spiro atoms. The lowest BCUT2D eigenvalue weighted by molar-refractivity contribution is -0.115. The highest BCUT2D eigenvalue weighted by Crippen LogP contribution is 2.23. The maximum atomic E-state index is 12.5. The van der Waals surface area contributed by atoms with Crippen molar-refractivity contribution in [1.29, 1.82) is 0 Å². The highest BCUT2D eigenvalue weighted by atomic mass is 32.1. The van der Waals surface area contributed by atoms with Crippen LogP contribution in [0, 0.1) is 6.92 Å². The van der Waals surface area contributed by atoms with Gasteiger partial charge in [-0.2, -0.15) is 0 Å². The Balaban J connectivity index is 1.42. The second kappa shape index (κ2) is 7.90. The summed E-state index contributed by atoms with van der Waals surface area (Å²) >= 11 is 1.47. The van der Waals surface area contributed by atoms with Crippen LogP contribution >= 0.6 is 11.3 Å². The fraction of sp³-hybridized carbons (Fsp3) is 0.238. The van der Waals surface area contributed by atoms with Crippen molar-refractivity contribution in [3.63, 3.8) is 0 Å². The van der Waals surface area contributed by atoms with Crippen molar-refractivity contribution >= 4 is 28.8 Å². The Kier molecular flexibility index (Phi) is 5.16. The highest BCUT2D eigenvalue weighted by Gasteiger charge is 2.24. The number of carbonyl (C=O) groups is 2. The van der Waals surface area contributed by atoms with Crippen molar-refractivity contribution in [3.8, 4) is 10.7 Å².